The second-order valence-electron chi connectivity index (χ2n) is 4.98. The number of anilines is 1. The Morgan fingerprint density at radius 1 is 1.25 bits per heavy atom. The molecule has 2 amide bonds. The van der Waals surface area contributed by atoms with E-state index in [0.29, 0.717) is 12.5 Å². The third kappa shape index (κ3) is 5.69. The smallest absolute Gasteiger partial charge is 0.251 e. The second kappa shape index (κ2) is 7.47. The van der Waals surface area contributed by atoms with Gasteiger partial charge in [-0.05, 0) is 24.1 Å². The Labute approximate surface area is 117 Å². The molecule has 0 saturated heterocycles. The molecule has 4 N–H and O–H groups in total. The number of benzene rings is 1. The fourth-order valence-electron chi connectivity index (χ4n) is 1.54. The van der Waals surface area contributed by atoms with Crippen LogP contribution in [0, 0.1) is 11.7 Å². The van der Waals surface area contributed by atoms with Crippen LogP contribution in [0.2, 0.25) is 0 Å². The van der Waals surface area contributed by atoms with Crippen LogP contribution in [-0.4, -0.2) is 24.9 Å². The van der Waals surface area contributed by atoms with Crippen LogP contribution in [0.15, 0.2) is 18.2 Å². The van der Waals surface area contributed by atoms with E-state index < -0.39 is 11.7 Å². The van der Waals surface area contributed by atoms with Gasteiger partial charge >= 0.3 is 0 Å². The first-order valence-electron chi connectivity index (χ1n) is 6.49. The van der Waals surface area contributed by atoms with E-state index in [2.05, 4.69) is 10.6 Å². The molecule has 0 spiro atoms. The average Bonchev–Trinajstić information content (AvgIpc) is 2.35. The highest BCUT2D eigenvalue weighted by Gasteiger charge is 2.09. The predicted molar refractivity (Wildman–Crippen MR) is 75.6 cm³/mol. The molecule has 0 aliphatic carbocycles. The zero-order valence-corrected chi connectivity index (χ0v) is 11.7. The molecule has 0 unspecified atom stereocenters. The molecule has 0 fully saturated rings. The standard InChI is InChI=1S/C14H20FN3O2/c1-9(2)8-18-13(19)3-4-17-14(20)10-5-11(15)7-12(16)6-10/h5-7,9H,3-4,8,16H2,1-2H3,(H,17,20)(H,18,19). The zero-order chi connectivity index (χ0) is 15.1. The van der Waals surface area contributed by atoms with Crippen LogP contribution in [0.3, 0.4) is 0 Å². The number of carbonyl (C=O) groups is 2. The van der Waals surface area contributed by atoms with Crippen molar-refractivity contribution in [3.63, 3.8) is 0 Å². The first kappa shape index (κ1) is 15.9. The van der Waals surface area contributed by atoms with Crippen molar-refractivity contribution in [3.8, 4) is 0 Å². The molecule has 5 nitrogen and oxygen atoms in total. The number of hydrogen-bond donors (Lipinski definition) is 3. The van der Waals surface area contributed by atoms with Gasteiger partial charge in [0.2, 0.25) is 5.91 Å². The summed E-state index contributed by atoms with van der Waals surface area (Å²) in [7, 11) is 0. The van der Waals surface area contributed by atoms with Gasteiger partial charge in [-0.1, -0.05) is 13.8 Å². The van der Waals surface area contributed by atoms with E-state index in [0.717, 1.165) is 12.1 Å². The van der Waals surface area contributed by atoms with Gasteiger partial charge in [0.15, 0.2) is 0 Å². The van der Waals surface area contributed by atoms with Crippen molar-refractivity contribution in [2.24, 2.45) is 5.92 Å². The lowest BCUT2D eigenvalue weighted by Crippen LogP contribution is -2.32. The molecule has 0 radical (unpaired) electrons. The molecule has 0 aliphatic heterocycles. The van der Waals surface area contributed by atoms with Crippen LogP contribution >= 0.6 is 0 Å². The van der Waals surface area contributed by atoms with E-state index >= 15 is 0 Å². The molecule has 20 heavy (non-hydrogen) atoms. The lowest BCUT2D eigenvalue weighted by Gasteiger charge is -2.08. The van der Waals surface area contributed by atoms with Crippen molar-refractivity contribution in [3.05, 3.63) is 29.6 Å². The van der Waals surface area contributed by atoms with Crippen LogP contribution < -0.4 is 16.4 Å². The summed E-state index contributed by atoms with van der Waals surface area (Å²) in [5, 5.41) is 5.29. The Kier molecular flexibility index (Phi) is 5.96. The third-order valence-electron chi connectivity index (χ3n) is 2.53. The molecule has 0 heterocycles. The van der Waals surface area contributed by atoms with Gasteiger partial charge in [0.25, 0.3) is 5.91 Å². The Bertz CT molecular complexity index is 469. The maximum atomic E-state index is 13.1. The van der Waals surface area contributed by atoms with Crippen molar-refractivity contribution >= 4 is 17.5 Å². The summed E-state index contributed by atoms with van der Waals surface area (Å²) in [6, 6.07) is 3.62. The summed E-state index contributed by atoms with van der Waals surface area (Å²) < 4.78 is 13.1. The fraction of sp³-hybridized carbons (Fsp3) is 0.429. The second-order valence-corrected chi connectivity index (χ2v) is 4.98. The molecule has 0 aliphatic rings. The number of nitrogens with two attached hydrogens (primary N) is 1. The first-order chi connectivity index (χ1) is 9.38. The summed E-state index contributed by atoms with van der Waals surface area (Å²) in [6.45, 7) is 4.79. The fourth-order valence-corrected chi connectivity index (χ4v) is 1.54. The van der Waals surface area contributed by atoms with Crippen LogP contribution in [0.4, 0.5) is 10.1 Å². The number of amides is 2. The Balaban J connectivity index is 2.38. The molecule has 110 valence electrons. The number of nitrogens with one attached hydrogen (secondary N) is 2. The van der Waals surface area contributed by atoms with E-state index in [1.807, 2.05) is 13.8 Å². The lowest BCUT2D eigenvalue weighted by atomic mass is 10.2. The van der Waals surface area contributed by atoms with Crippen LogP contribution in [0.5, 0.6) is 0 Å². The van der Waals surface area contributed by atoms with E-state index in [1.54, 1.807) is 0 Å². The average molecular weight is 281 g/mol. The van der Waals surface area contributed by atoms with E-state index in [-0.39, 0.29) is 30.1 Å². The Hall–Kier alpha value is -2.11. The molecule has 0 aromatic heterocycles. The highest BCUT2D eigenvalue weighted by molar-refractivity contribution is 5.95. The van der Waals surface area contributed by atoms with Crippen molar-refractivity contribution in [1.29, 1.82) is 0 Å². The zero-order valence-electron chi connectivity index (χ0n) is 11.7. The van der Waals surface area contributed by atoms with Gasteiger partial charge in [-0.2, -0.15) is 0 Å². The van der Waals surface area contributed by atoms with Gasteiger partial charge in [0.05, 0.1) is 0 Å². The van der Waals surface area contributed by atoms with Crippen molar-refractivity contribution in [1.82, 2.24) is 10.6 Å². The molecule has 1 aromatic carbocycles. The number of halogens is 1. The minimum absolute atomic E-state index is 0.127. The minimum Gasteiger partial charge on any atom is -0.399 e. The summed E-state index contributed by atoms with van der Waals surface area (Å²) in [4.78, 5) is 23.2. The number of carbonyl (C=O) groups excluding carboxylic acids is 2. The van der Waals surface area contributed by atoms with Gasteiger partial charge in [-0.25, -0.2) is 4.39 Å². The summed E-state index contributed by atoms with van der Waals surface area (Å²) in [5.74, 6) is -0.765. The maximum absolute atomic E-state index is 13.1. The monoisotopic (exact) mass is 281 g/mol. The molecular formula is C14H20FN3O2. The largest absolute Gasteiger partial charge is 0.399 e. The van der Waals surface area contributed by atoms with Crippen LogP contribution in [-0.2, 0) is 4.79 Å². The Morgan fingerprint density at radius 3 is 2.55 bits per heavy atom. The lowest BCUT2D eigenvalue weighted by molar-refractivity contribution is -0.121. The molecule has 0 atom stereocenters. The van der Waals surface area contributed by atoms with E-state index in [1.165, 1.54) is 6.07 Å². The van der Waals surface area contributed by atoms with E-state index in [4.69, 9.17) is 5.73 Å². The summed E-state index contributed by atoms with van der Waals surface area (Å²) in [5.41, 5.74) is 5.79. The molecule has 6 heteroatoms. The number of rotatable bonds is 6. The molecule has 0 saturated carbocycles. The van der Waals surface area contributed by atoms with Gasteiger partial charge < -0.3 is 16.4 Å². The van der Waals surface area contributed by atoms with Crippen molar-refractivity contribution in [2.45, 2.75) is 20.3 Å². The predicted octanol–water partition coefficient (Wildman–Crippen LogP) is 1.30. The van der Waals surface area contributed by atoms with Crippen LogP contribution in [0.1, 0.15) is 30.6 Å². The maximum Gasteiger partial charge on any atom is 0.251 e. The SMILES string of the molecule is CC(C)CNC(=O)CCNC(=O)c1cc(N)cc(F)c1. The van der Waals surface area contributed by atoms with Gasteiger partial charge in [-0.15, -0.1) is 0 Å². The minimum atomic E-state index is -0.565. The number of hydrogen-bond acceptors (Lipinski definition) is 3. The molecule has 1 aromatic rings. The van der Waals surface area contributed by atoms with E-state index in [9.17, 15) is 14.0 Å². The highest BCUT2D eigenvalue weighted by atomic mass is 19.1. The van der Waals surface area contributed by atoms with Crippen molar-refractivity contribution < 1.29 is 14.0 Å². The normalized spacial score (nSPS) is 10.4. The first-order valence-corrected chi connectivity index (χ1v) is 6.49. The molecule has 1 rings (SSSR count). The van der Waals surface area contributed by atoms with Crippen molar-refractivity contribution in [2.75, 3.05) is 18.8 Å². The van der Waals surface area contributed by atoms with Gasteiger partial charge in [0, 0.05) is 30.8 Å². The third-order valence-corrected chi connectivity index (χ3v) is 2.53. The van der Waals surface area contributed by atoms with Gasteiger partial charge in [0.1, 0.15) is 5.82 Å². The summed E-state index contributed by atoms with van der Waals surface area (Å²) >= 11 is 0. The topological polar surface area (TPSA) is 84.2 Å². The highest BCUT2D eigenvalue weighted by Crippen LogP contribution is 2.10. The van der Waals surface area contributed by atoms with Gasteiger partial charge in [-0.3, -0.25) is 9.59 Å². The molecule has 0 bridgehead atoms. The van der Waals surface area contributed by atoms with Crippen LogP contribution in [0.25, 0.3) is 0 Å². The number of nitrogen functional groups attached to an aromatic ring is 1. The Morgan fingerprint density at radius 2 is 1.95 bits per heavy atom. The quantitative estimate of drug-likeness (QED) is 0.687. The summed E-state index contributed by atoms with van der Waals surface area (Å²) in [6.07, 6.45) is 0.184. The molecular weight excluding hydrogens is 261 g/mol.